The van der Waals surface area contributed by atoms with Gasteiger partial charge in [0.2, 0.25) is 5.91 Å². The molecule has 0 aromatic heterocycles. The summed E-state index contributed by atoms with van der Waals surface area (Å²) in [4.78, 5) is 25.0. The Morgan fingerprint density at radius 3 is 2.28 bits per heavy atom. The van der Waals surface area contributed by atoms with E-state index in [1.807, 2.05) is 22.9 Å². The zero-order valence-electron chi connectivity index (χ0n) is 15.9. The van der Waals surface area contributed by atoms with Crippen LogP contribution in [0, 0.1) is 5.92 Å². The Balaban J connectivity index is 1.85. The highest BCUT2D eigenvalue weighted by Crippen LogP contribution is 2.20. The van der Waals surface area contributed by atoms with Gasteiger partial charge < -0.3 is 4.74 Å². The van der Waals surface area contributed by atoms with Crippen molar-refractivity contribution in [2.45, 2.75) is 18.2 Å². The topological polar surface area (TPSA) is 89.5 Å². The Kier molecular flexibility index (Phi) is 6.29. The molecule has 0 aliphatic heterocycles. The lowest BCUT2D eigenvalue weighted by Gasteiger charge is -2.16. The SMILES string of the molecule is CCOC(=O)C(Cc1ccccc1)C(=O)NS(=O)(=O)c1ccc2ccccc2c1. The Bertz CT molecular complexity index is 1130. The molecule has 0 fully saturated rings. The summed E-state index contributed by atoms with van der Waals surface area (Å²) in [7, 11) is -4.14. The average Bonchev–Trinajstić information content (AvgIpc) is 2.72. The van der Waals surface area contributed by atoms with Crippen LogP contribution in [0.3, 0.4) is 0 Å². The molecule has 1 atom stereocenters. The van der Waals surface area contributed by atoms with Crippen LogP contribution >= 0.6 is 0 Å². The van der Waals surface area contributed by atoms with Crippen molar-refractivity contribution in [1.82, 2.24) is 4.72 Å². The number of fused-ring (bicyclic) bond motifs is 1. The summed E-state index contributed by atoms with van der Waals surface area (Å²) in [5, 5.41) is 1.61. The normalized spacial score (nSPS) is 12.3. The standard InChI is InChI=1S/C22H21NO5S/c1-2-28-22(25)20(14-16-8-4-3-5-9-16)21(24)23-29(26,27)19-13-12-17-10-6-7-11-18(17)15-19/h3-13,15,20H,2,14H2,1H3,(H,23,24). The molecule has 0 radical (unpaired) electrons. The molecule has 0 aliphatic carbocycles. The molecule has 0 heterocycles. The summed E-state index contributed by atoms with van der Waals surface area (Å²) in [6, 6.07) is 20.8. The van der Waals surface area contributed by atoms with Gasteiger partial charge in [-0.25, -0.2) is 13.1 Å². The van der Waals surface area contributed by atoms with Crippen molar-refractivity contribution in [3.8, 4) is 0 Å². The van der Waals surface area contributed by atoms with Gasteiger partial charge in [-0.05, 0) is 41.8 Å². The number of amides is 1. The zero-order valence-corrected chi connectivity index (χ0v) is 16.7. The molecule has 3 aromatic rings. The number of hydrogen-bond donors (Lipinski definition) is 1. The van der Waals surface area contributed by atoms with Crippen molar-refractivity contribution in [1.29, 1.82) is 0 Å². The summed E-state index contributed by atoms with van der Waals surface area (Å²) in [5.74, 6) is -2.95. The molecular weight excluding hydrogens is 390 g/mol. The van der Waals surface area contributed by atoms with E-state index in [1.165, 1.54) is 12.1 Å². The molecule has 7 heteroatoms. The first-order chi connectivity index (χ1) is 13.9. The summed E-state index contributed by atoms with van der Waals surface area (Å²) >= 11 is 0. The number of ether oxygens (including phenoxy) is 1. The van der Waals surface area contributed by atoms with Crippen LogP contribution in [0.4, 0.5) is 0 Å². The minimum absolute atomic E-state index is 0.0404. The van der Waals surface area contributed by atoms with Crippen molar-refractivity contribution >= 4 is 32.7 Å². The maximum atomic E-state index is 12.7. The van der Waals surface area contributed by atoms with Crippen LogP contribution in [0.15, 0.2) is 77.7 Å². The Morgan fingerprint density at radius 2 is 1.59 bits per heavy atom. The van der Waals surface area contributed by atoms with Gasteiger partial charge in [-0.2, -0.15) is 0 Å². The predicted octanol–water partition coefficient (Wildman–Crippen LogP) is 3.07. The smallest absolute Gasteiger partial charge is 0.318 e. The Morgan fingerprint density at radius 1 is 0.931 bits per heavy atom. The maximum absolute atomic E-state index is 12.7. The van der Waals surface area contributed by atoms with Crippen molar-refractivity contribution in [2.24, 2.45) is 5.92 Å². The molecule has 3 rings (SSSR count). The van der Waals surface area contributed by atoms with E-state index in [9.17, 15) is 18.0 Å². The first kappa shape index (κ1) is 20.5. The third-order valence-corrected chi connectivity index (χ3v) is 5.78. The maximum Gasteiger partial charge on any atom is 0.318 e. The van der Waals surface area contributed by atoms with Crippen molar-refractivity contribution in [3.63, 3.8) is 0 Å². The number of carbonyl (C=O) groups is 2. The van der Waals surface area contributed by atoms with Crippen LogP contribution < -0.4 is 4.72 Å². The quantitative estimate of drug-likeness (QED) is 0.477. The van der Waals surface area contributed by atoms with Gasteiger partial charge in [-0.1, -0.05) is 60.7 Å². The summed E-state index contributed by atoms with van der Waals surface area (Å²) in [6.07, 6.45) is 0.0404. The van der Waals surface area contributed by atoms with Gasteiger partial charge in [0, 0.05) is 0 Å². The monoisotopic (exact) mass is 411 g/mol. The molecule has 0 spiro atoms. The molecule has 0 aliphatic rings. The van der Waals surface area contributed by atoms with Gasteiger partial charge in [-0.3, -0.25) is 9.59 Å². The lowest BCUT2D eigenvalue weighted by Crippen LogP contribution is -2.40. The molecule has 0 bridgehead atoms. The molecule has 6 nitrogen and oxygen atoms in total. The van der Waals surface area contributed by atoms with Gasteiger partial charge in [0.15, 0.2) is 0 Å². The van der Waals surface area contributed by atoms with Crippen LogP contribution in [-0.2, 0) is 30.8 Å². The van der Waals surface area contributed by atoms with Gasteiger partial charge in [0.25, 0.3) is 10.0 Å². The van der Waals surface area contributed by atoms with E-state index in [1.54, 1.807) is 49.4 Å². The summed E-state index contributed by atoms with van der Waals surface area (Å²) < 4.78 is 32.5. The summed E-state index contributed by atoms with van der Waals surface area (Å²) in [6.45, 7) is 1.72. The highest BCUT2D eigenvalue weighted by Gasteiger charge is 2.31. The second-order valence-corrected chi connectivity index (χ2v) is 8.16. The highest BCUT2D eigenvalue weighted by molar-refractivity contribution is 7.90. The van der Waals surface area contributed by atoms with Gasteiger partial charge >= 0.3 is 5.97 Å². The first-order valence-electron chi connectivity index (χ1n) is 9.16. The lowest BCUT2D eigenvalue weighted by molar-refractivity contribution is -0.151. The van der Waals surface area contributed by atoms with Crippen LogP contribution in [-0.4, -0.2) is 26.9 Å². The largest absolute Gasteiger partial charge is 0.465 e. The van der Waals surface area contributed by atoms with E-state index in [0.29, 0.717) is 0 Å². The van der Waals surface area contributed by atoms with Crippen molar-refractivity contribution in [2.75, 3.05) is 6.61 Å². The number of esters is 1. The third kappa shape index (κ3) is 5.00. The minimum atomic E-state index is -4.14. The van der Waals surface area contributed by atoms with E-state index < -0.39 is 27.8 Å². The number of carbonyl (C=O) groups excluding carboxylic acids is 2. The van der Waals surface area contributed by atoms with E-state index in [2.05, 4.69) is 0 Å². The second-order valence-electron chi connectivity index (χ2n) is 6.47. The molecule has 1 amide bonds. The molecule has 1 unspecified atom stereocenters. The summed E-state index contributed by atoms with van der Waals surface area (Å²) in [5.41, 5.74) is 0.726. The number of rotatable bonds is 7. The van der Waals surface area contributed by atoms with E-state index in [-0.39, 0.29) is 17.9 Å². The fourth-order valence-electron chi connectivity index (χ4n) is 2.97. The van der Waals surface area contributed by atoms with Crippen LogP contribution in [0.25, 0.3) is 10.8 Å². The van der Waals surface area contributed by atoms with Gasteiger partial charge in [0.05, 0.1) is 11.5 Å². The molecule has 1 N–H and O–H groups in total. The van der Waals surface area contributed by atoms with Crippen LogP contribution in [0.2, 0.25) is 0 Å². The van der Waals surface area contributed by atoms with Crippen LogP contribution in [0.1, 0.15) is 12.5 Å². The number of benzene rings is 3. The van der Waals surface area contributed by atoms with Crippen molar-refractivity contribution < 1.29 is 22.7 Å². The molecular formula is C22H21NO5S. The molecule has 0 saturated carbocycles. The number of nitrogens with one attached hydrogen (secondary N) is 1. The lowest BCUT2D eigenvalue weighted by atomic mass is 9.99. The van der Waals surface area contributed by atoms with Gasteiger partial charge in [-0.15, -0.1) is 0 Å². The molecule has 29 heavy (non-hydrogen) atoms. The third-order valence-electron chi connectivity index (χ3n) is 4.44. The van der Waals surface area contributed by atoms with E-state index >= 15 is 0 Å². The van der Waals surface area contributed by atoms with Crippen LogP contribution in [0.5, 0.6) is 0 Å². The fraction of sp³-hybridized carbons (Fsp3) is 0.182. The minimum Gasteiger partial charge on any atom is -0.465 e. The highest BCUT2D eigenvalue weighted by atomic mass is 32.2. The number of sulfonamides is 1. The van der Waals surface area contributed by atoms with E-state index in [4.69, 9.17) is 4.74 Å². The second kappa shape index (κ2) is 8.87. The molecule has 150 valence electrons. The van der Waals surface area contributed by atoms with E-state index in [0.717, 1.165) is 16.3 Å². The zero-order chi connectivity index (χ0) is 20.9. The molecule has 0 saturated heterocycles. The van der Waals surface area contributed by atoms with Crippen molar-refractivity contribution in [3.05, 3.63) is 78.4 Å². The Hall–Kier alpha value is -3.19. The fourth-order valence-corrected chi connectivity index (χ4v) is 4.03. The van der Waals surface area contributed by atoms with Gasteiger partial charge in [0.1, 0.15) is 5.92 Å². The first-order valence-corrected chi connectivity index (χ1v) is 10.6. The number of hydrogen-bond acceptors (Lipinski definition) is 5. The average molecular weight is 411 g/mol. The predicted molar refractivity (Wildman–Crippen MR) is 110 cm³/mol. The molecule has 3 aromatic carbocycles. The Labute approximate surface area is 169 Å².